The number of hydrogen-bond acceptors (Lipinski definition) is 3. The van der Waals surface area contributed by atoms with E-state index in [1.807, 2.05) is 19.2 Å². The summed E-state index contributed by atoms with van der Waals surface area (Å²) in [6.45, 7) is 1.60. The summed E-state index contributed by atoms with van der Waals surface area (Å²) < 4.78 is 11.1. The van der Waals surface area contributed by atoms with E-state index < -0.39 is 0 Å². The highest BCUT2D eigenvalue weighted by Crippen LogP contribution is 2.29. The van der Waals surface area contributed by atoms with E-state index in [9.17, 15) is 0 Å². The number of hydrogen-bond donors (Lipinski definition) is 1. The molecule has 0 amide bonds. The molecule has 2 rings (SSSR count). The van der Waals surface area contributed by atoms with Crippen molar-refractivity contribution in [2.45, 2.75) is 31.7 Å². The highest BCUT2D eigenvalue weighted by Gasteiger charge is 2.17. The lowest BCUT2D eigenvalue weighted by molar-refractivity contribution is 0.0904. The molecule has 1 fully saturated rings. The second-order valence-electron chi connectivity index (χ2n) is 5.28. The van der Waals surface area contributed by atoms with Crippen LogP contribution in [0.3, 0.4) is 0 Å². The molecule has 1 aromatic carbocycles. The Bertz CT molecular complexity index is 377. The van der Waals surface area contributed by atoms with Gasteiger partial charge < -0.3 is 14.8 Å². The molecular formula is C16H25NO2. The first kappa shape index (κ1) is 14.4. The molecule has 0 saturated heterocycles. The lowest BCUT2D eigenvalue weighted by Gasteiger charge is -2.25. The van der Waals surface area contributed by atoms with Crippen LogP contribution < -0.4 is 10.1 Å². The van der Waals surface area contributed by atoms with E-state index >= 15 is 0 Å². The van der Waals surface area contributed by atoms with Gasteiger partial charge in [0.25, 0.3) is 0 Å². The van der Waals surface area contributed by atoms with Crippen molar-refractivity contribution in [1.82, 2.24) is 5.32 Å². The quantitative estimate of drug-likeness (QED) is 0.731. The van der Waals surface area contributed by atoms with Crippen LogP contribution in [0.1, 0.15) is 37.3 Å². The van der Waals surface area contributed by atoms with Crippen LogP contribution in [0.2, 0.25) is 0 Å². The number of ether oxygens (including phenoxy) is 2. The number of likely N-dealkylation sites (N-methyl/N-ethyl adjacent to an activating group) is 1. The summed E-state index contributed by atoms with van der Waals surface area (Å²) in [4.78, 5) is 0. The van der Waals surface area contributed by atoms with Crippen molar-refractivity contribution in [3.05, 3.63) is 29.8 Å². The summed E-state index contributed by atoms with van der Waals surface area (Å²) in [5.41, 5.74) is 1.21. The fraction of sp³-hybridized carbons (Fsp3) is 0.625. The van der Waals surface area contributed by atoms with Crippen molar-refractivity contribution in [3.63, 3.8) is 0 Å². The van der Waals surface area contributed by atoms with Crippen molar-refractivity contribution >= 4 is 0 Å². The maximum Gasteiger partial charge on any atom is 0.119 e. The summed E-state index contributed by atoms with van der Waals surface area (Å²) in [6.07, 6.45) is 5.42. The zero-order valence-corrected chi connectivity index (χ0v) is 12.0. The first-order chi connectivity index (χ1) is 9.33. The average Bonchev–Trinajstić information content (AvgIpc) is 2.41. The van der Waals surface area contributed by atoms with Gasteiger partial charge in [0.05, 0.1) is 19.8 Å². The fourth-order valence-electron chi connectivity index (χ4n) is 2.44. The molecule has 1 aliphatic carbocycles. The van der Waals surface area contributed by atoms with E-state index in [1.165, 1.54) is 31.2 Å². The Hall–Kier alpha value is -1.06. The average molecular weight is 263 g/mol. The number of rotatable bonds is 8. The minimum Gasteiger partial charge on any atom is -0.497 e. The van der Waals surface area contributed by atoms with Gasteiger partial charge in [-0.15, -0.1) is 0 Å². The van der Waals surface area contributed by atoms with E-state index in [0.29, 0.717) is 0 Å². The molecule has 0 bridgehead atoms. The van der Waals surface area contributed by atoms with Crippen molar-refractivity contribution in [2.75, 3.05) is 27.4 Å². The minimum absolute atomic E-state index is 0.233. The standard InChI is InChI=1S/C16H25NO2/c1-17-16(12-19-10-9-13-5-3-6-13)14-7-4-8-15(11-14)18-2/h4,7-8,11,13,16-17H,3,5-6,9-10,12H2,1-2H3. The topological polar surface area (TPSA) is 30.5 Å². The van der Waals surface area contributed by atoms with Crippen LogP contribution in [0.5, 0.6) is 5.75 Å². The molecule has 19 heavy (non-hydrogen) atoms. The van der Waals surface area contributed by atoms with Crippen LogP contribution >= 0.6 is 0 Å². The Labute approximate surface area is 116 Å². The summed E-state index contributed by atoms with van der Waals surface area (Å²) in [5, 5.41) is 3.31. The Balaban J connectivity index is 1.77. The first-order valence-electron chi connectivity index (χ1n) is 7.22. The second kappa shape index (κ2) is 7.51. The third-order valence-electron chi connectivity index (χ3n) is 4.02. The molecule has 0 spiro atoms. The molecule has 1 aliphatic rings. The summed E-state index contributed by atoms with van der Waals surface area (Å²) in [7, 11) is 3.67. The normalized spacial score (nSPS) is 16.9. The molecule has 0 aliphatic heterocycles. The monoisotopic (exact) mass is 263 g/mol. The molecule has 1 unspecified atom stereocenters. The molecule has 1 N–H and O–H groups in total. The van der Waals surface area contributed by atoms with E-state index in [4.69, 9.17) is 9.47 Å². The van der Waals surface area contributed by atoms with E-state index in [-0.39, 0.29) is 6.04 Å². The van der Waals surface area contributed by atoms with Gasteiger partial charge in [0.2, 0.25) is 0 Å². The van der Waals surface area contributed by atoms with Crippen molar-refractivity contribution in [1.29, 1.82) is 0 Å². The molecule has 1 aromatic rings. The Kier molecular flexibility index (Phi) is 5.67. The number of benzene rings is 1. The third kappa shape index (κ3) is 4.22. The first-order valence-corrected chi connectivity index (χ1v) is 7.22. The Morgan fingerprint density at radius 1 is 1.37 bits per heavy atom. The van der Waals surface area contributed by atoms with Crippen molar-refractivity contribution < 1.29 is 9.47 Å². The van der Waals surface area contributed by atoms with Crippen LogP contribution in [-0.4, -0.2) is 27.4 Å². The summed E-state index contributed by atoms with van der Waals surface area (Å²) in [6, 6.07) is 8.40. The fourth-order valence-corrected chi connectivity index (χ4v) is 2.44. The molecule has 1 atom stereocenters. The smallest absolute Gasteiger partial charge is 0.119 e. The van der Waals surface area contributed by atoms with Gasteiger partial charge in [-0.05, 0) is 37.1 Å². The SMILES string of the molecule is CNC(COCCC1CCC1)c1cccc(OC)c1. The number of methoxy groups -OCH3 is 1. The molecule has 1 saturated carbocycles. The van der Waals surface area contributed by atoms with Crippen LogP contribution in [0.25, 0.3) is 0 Å². The van der Waals surface area contributed by atoms with Gasteiger partial charge in [0, 0.05) is 6.61 Å². The van der Waals surface area contributed by atoms with Crippen molar-refractivity contribution in [3.8, 4) is 5.75 Å². The lowest BCUT2D eigenvalue weighted by Crippen LogP contribution is -2.23. The van der Waals surface area contributed by atoms with Gasteiger partial charge in [-0.1, -0.05) is 31.4 Å². The maximum absolute atomic E-state index is 5.82. The molecule has 0 aromatic heterocycles. The zero-order valence-electron chi connectivity index (χ0n) is 12.0. The Morgan fingerprint density at radius 3 is 2.84 bits per heavy atom. The Morgan fingerprint density at radius 2 is 2.21 bits per heavy atom. The van der Waals surface area contributed by atoms with Crippen molar-refractivity contribution in [2.24, 2.45) is 5.92 Å². The minimum atomic E-state index is 0.233. The highest BCUT2D eigenvalue weighted by atomic mass is 16.5. The molecule has 3 nitrogen and oxygen atoms in total. The van der Waals surface area contributed by atoms with Gasteiger partial charge in [-0.3, -0.25) is 0 Å². The van der Waals surface area contributed by atoms with Crippen LogP contribution in [0.4, 0.5) is 0 Å². The van der Waals surface area contributed by atoms with E-state index in [0.717, 1.165) is 24.9 Å². The van der Waals surface area contributed by atoms with E-state index in [1.54, 1.807) is 7.11 Å². The molecular weight excluding hydrogens is 238 g/mol. The number of nitrogens with one attached hydrogen (secondary N) is 1. The van der Waals surface area contributed by atoms with Gasteiger partial charge in [-0.2, -0.15) is 0 Å². The van der Waals surface area contributed by atoms with Gasteiger partial charge in [0.1, 0.15) is 5.75 Å². The largest absolute Gasteiger partial charge is 0.497 e. The summed E-state index contributed by atoms with van der Waals surface area (Å²) in [5.74, 6) is 1.82. The maximum atomic E-state index is 5.82. The van der Waals surface area contributed by atoms with E-state index in [2.05, 4.69) is 17.4 Å². The molecule has 3 heteroatoms. The predicted octanol–water partition coefficient (Wildman–Crippen LogP) is 3.16. The highest BCUT2D eigenvalue weighted by molar-refractivity contribution is 5.30. The molecule has 0 heterocycles. The summed E-state index contributed by atoms with van der Waals surface area (Å²) >= 11 is 0. The molecule has 106 valence electrons. The zero-order chi connectivity index (χ0) is 13.5. The predicted molar refractivity (Wildman–Crippen MR) is 77.6 cm³/mol. The third-order valence-corrected chi connectivity index (χ3v) is 4.02. The molecule has 0 radical (unpaired) electrons. The van der Waals surface area contributed by atoms with Gasteiger partial charge in [-0.25, -0.2) is 0 Å². The van der Waals surface area contributed by atoms with Crippen LogP contribution in [0.15, 0.2) is 24.3 Å². The lowest BCUT2D eigenvalue weighted by atomic mass is 9.83. The van der Waals surface area contributed by atoms with Crippen LogP contribution in [0, 0.1) is 5.92 Å². The van der Waals surface area contributed by atoms with Gasteiger partial charge in [0.15, 0.2) is 0 Å². The van der Waals surface area contributed by atoms with Crippen LogP contribution in [-0.2, 0) is 4.74 Å². The van der Waals surface area contributed by atoms with Gasteiger partial charge >= 0.3 is 0 Å². The second-order valence-corrected chi connectivity index (χ2v) is 5.28.